The molecule has 0 aliphatic rings. The number of para-hydroxylation sites is 1. The molecule has 0 aliphatic heterocycles. The fourth-order valence-corrected chi connectivity index (χ4v) is 3.00. The number of halogens is 1. The van der Waals surface area contributed by atoms with Crippen molar-refractivity contribution in [2.75, 3.05) is 18.5 Å². The number of nitrogens with zero attached hydrogens (tertiary/aromatic N) is 1. The number of ether oxygens (including phenoxy) is 2. The summed E-state index contributed by atoms with van der Waals surface area (Å²) >= 11 is 7.30. The first-order valence-electron chi connectivity index (χ1n) is 7.54. The van der Waals surface area contributed by atoms with Gasteiger partial charge in [0.05, 0.1) is 6.54 Å². The molecular formula is C18H17ClN2O2S. The molecule has 0 fully saturated rings. The van der Waals surface area contributed by atoms with E-state index in [-0.39, 0.29) is 0 Å². The van der Waals surface area contributed by atoms with Crippen LogP contribution in [0.5, 0.6) is 11.5 Å². The first-order valence-corrected chi connectivity index (χ1v) is 8.74. The molecular weight excluding hydrogens is 344 g/mol. The Kier molecular flexibility index (Phi) is 5.93. The smallest absolute Gasteiger partial charge is 0.183 e. The number of aromatic nitrogens is 1. The van der Waals surface area contributed by atoms with Crippen molar-refractivity contribution in [3.63, 3.8) is 0 Å². The monoisotopic (exact) mass is 360 g/mol. The first-order chi connectivity index (χ1) is 11.8. The molecule has 124 valence electrons. The average molecular weight is 361 g/mol. The molecule has 1 heterocycles. The highest BCUT2D eigenvalue weighted by Crippen LogP contribution is 2.21. The molecule has 24 heavy (non-hydrogen) atoms. The molecule has 0 amide bonds. The summed E-state index contributed by atoms with van der Waals surface area (Å²) in [5.41, 5.74) is 0.987. The molecule has 0 saturated heterocycles. The van der Waals surface area contributed by atoms with Crippen molar-refractivity contribution in [3.05, 3.63) is 70.1 Å². The van der Waals surface area contributed by atoms with E-state index in [4.69, 9.17) is 21.1 Å². The van der Waals surface area contributed by atoms with E-state index in [1.807, 2.05) is 54.6 Å². The molecule has 0 aliphatic carbocycles. The molecule has 0 atom stereocenters. The number of nitrogens with one attached hydrogen (secondary N) is 1. The number of hydrogen-bond acceptors (Lipinski definition) is 5. The van der Waals surface area contributed by atoms with E-state index in [2.05, 4.69) is 10.3 Å². The molecule has 6 heteroatoms. The molecule has 1 aromatic heterocycles. The number of anilines is 1. The number of hydrogen-bond donors (Lipinski definition) is 1. The van der Waals surface area contributed by atoms with Crippen molar-refractivity contribution in [2.45, 2.75) is 6.54 Å². The van der Waals surface area contributed by atoms with Crippen LogP contribution < -0.4 is 14.8 Å². The van der Waals surface area contributed by atoms with Gasteiger partial charge in [0.2, 0.25) is 0 Å². The maximum absolute atomic E-state index is 5.83. The minimum atomic E-state index is 0.489. The van der Waals surface area contributed by atoms with E-state index in [1.165, 1.54) is 11.3 Å². The van der Waals surface area contributed by atoms with Gasteiger partial charge in [-0.15, -0.1) is 11.3 Å². The Morgan fingerprint density at radius 3 is 2.46 bits per heavy atom. The van der Waals surface area contributed by atoms with E-state index < -0.39 is 0 Å². The van der Waals surface area contributed by atoms with Gasteiger partial charge in [-0.1, -0.05) is 35.9 Å². The van der Waals surface area contributed by atoms with Crippen LogP contribution in [-0.4, -0.2) is 18.2 Å². The Balaban J connectivity index is 1.44. The van der Waals surface area contributed by atoms with Crippen LogP contribution in [0.4, 0.5) is 5.69 Å². The second-order valence-electron chi connectivity index (χ2n) is 4.97. The summed E-state index contributed by atoms with van der Waals surface area (Å²) in [5, 5.41) is 3.33. The lowest BCUT2D eigenvalue weighted by Crippen LogP contribution is -2.09. The maximum Gasteiger partial charge on any atom is 0.183 e. The van der Waals surface area contributed by atoms with Gasteiger partial charge in [-0.25, -0.2) is 4.98 Å². The predicted octanol–water partition coefficient (Wildman–Crippen LogP) is 4.87. The second-order valence-corrected chi connectivity index (χ2v) is 6.67. The molecule has 0 bridgehead atoms. The fourth-order valence-electron chi connectivity index (χ4n) is 2.09. The average Bonchev–Trinajstić information content (AvgIpc) is 3.04. The molecule has 0 radical (unpaired) electrons. The zero-order valence-corrected chi connectivity index (χ0v) is 14.5. The normalized spacial score (nSPS) is 10.4. The lowest BCUT2D eigenvalue weighted by atomic mass is 10.3. The molecule has 0 saturated carbocycles. The molecule has 3 rings (SSSR count). The Bertz CT molecular complexity index is 764. The van der Waals surface area contributed by atoms with Crippen molar-refractivity contribution in [2.24, 2.45) is 0 Å². The summed E-state index contributed by atoms with van der Waals surface area (Å²) in [6.45, 7) is 1.68. The van der Waals surface area contributed by atoms with Gasteiger partial charge in [-0.05, 0) is 24.3 Å². The summed E-state index contributed by atoms with van der Waals surface area (Å²) in [4.78, 5) is 5.11. The van der Waals surface area contributed by atoms with E-state index in [1.54, 1.807) is 6.20 Å². The molecule has 3 aromatic rings. The van der Waals surface area contributed by atoms with Gasteiger partial charge in [0.25, 0.3) is 0 Å². The summed E-state index contributed by atoms with van der Waals surface area (Å²) in [6.07, 6.45) is 1.78. The van der Waals surface area contributed by atoms with Gasteiger partial charge < -0.3 is 14.8 Å². The minimum absolute atomic E-state index is 0.489. The Labute approximate surface area is 150 Å². The molecule has 2 aromatic carbocycles. The SMILES string of the molecule is Clc1ncc(CNc2cccc(OCCOc3ccccc3)c2)s1. The topological polar surface area (TPSA) is 43.4 Å². The summed E-state index contributed by atoms with van der Waals surface area (Å²) in [5.74, 6) is 1.65. The first kappa shape index (κ1) is 16.6. The Morgan fingerprint density at radius 1 is 0.958 bits per heavy atom. The largest absolute Gasteiger partial charge is 0.490 e. The van der Waals surface area contributed by atoms with Crippen LogP contribution in [0.2, 0.25) is 4.47 Å². The highest BCUT2D eigenvalue weighted by Gasteiger charge is 2.01. The third-order valence-electron chi connectivity index (χ3n) is 3.19. The van der Waals surface area contributed by atoms with Crippen LogP contribution in [0.25, 0.3) is 0 Å². The minimum Gasteiger partial charge on any atom is -0.490 e. The quantitative estimate of drug-likeness (QED) is 0.582. The van der Waals surface area contributed by atoms with Crippen molar-refractivity contribution < 1.29 is 9.47 Å². The van der Waals surface area contributed by atoms with Crippen molar-refractivity contribution in [3.8, 4) is 11.5 Å². The van der Waals surface area contributed by atoms with Crippen molar-refractivity contribution >= 4 is 28.6 Å². The van der Waals surface area contributed by atoms with E-state index >= 15 is 0 Å². The second kappa shape index (κ2) is 8.57. The van der Waals surface area contributed by atoms with Crippen LogP contribution in [0.3, 0.4) is 0 Å². The third-order valence-corrected chi connectivity index (χ3v) is 4.30. The number of benzene rings is 2. The van der Waals surface area contributed by atoms with Gasteiger partial charge in [0.1, 0.15) is 24.7 Å². The van der Waals surface area contributed by atoms with Gasteiger partial charge in [-0.3, -0.25) is 0 Å². The van der Waals surface area contributed by atoms with Crippen LogP contribution in [0, 0.1) is 0 Å². The Morgan fingerprint density at radius 2 is 1.71 bits per heavy atom. The zero-order chi connectivity index (χ0) is 16.6. The summed E-state index contributed by atoms with van der Waals surface area (Å²) in [7, 11) is 0. The van der Waals surface area contributed by atoms with Crippen LogP contribution in [-0.2, 0) is 6.54 Å². The fraction of sp³-hybridized carbons (Fsp3) is 0.167. The summed E-state index contributed by atoms with van der Waals surface area (Å²) < 4.78 is 11.9. The summed E-state index contributed by atoms with van der Waals surface area (Å²) in [6, 6.07) is 17.5. The van der Waals surface area contributed by atoms with E-state index in [0.29, 0.717) is 24.2 Å². The van der Waals surface area contributed by atoms with Crippen molar-refractivity contribution in [1.29, 1.82) is 0 Å². The zero-order valence-electron chi connectivity index (χ0n) is 12.9. The molecule has 1 N–H and O–H groups in total. The lowest BCUT2D eigenvalue weighted by Gasteiger charge is -2.10. The predicted molar refractivity (Wildman–Crippen MR) is 98.3 cm³/mol. The van der Waals surface area contributed by atoms with E-state index in [9.17, 15) is 0 Å². The highest BCUT2D eigenvalue weighted by molar-refractivity contribution is 7.15. The van der Waals surface area contributed by atoms with Crippen LogP contribution >= 0.6 is 22.9 Å². The highest BCUT2D eigenvalue weighted by atomic mass is 35.5. The standard InChI is InChI=1S/C18H17ClN2O2S/c19-18-21-13-17(24-18)12-20-14-5-4-8-16(11-14)23-10-9-22-15-6-2-1-3-7-15/h1-8,11,13,20H,9-10,12H2. The molecule has 4 nitrogen and oxygen atoms in total. The molecule has 0 unspecified atom stereocenters. The Hall–Kier alpha value is -2.24. The van der Waals surface area contributed by atoms with Crippen LogP contribution in [0.1, 0.15) is 4.88 Å². The van der Waals surface area contributed by atoms with Gasteiger partial charge in [0, 0.05) is 22.8 Å². The number of rotatable bonds is 8. The third kappa shape index (κ3) is 5.15. The van der Waals surface area contributed by atoms with Gasteiger partial charge in [0.15, 0.2) is 4.47 Å². The van der Waals surface area contributed by atoms with Gasteiger partial charge >= 0.3 is 0 Å². The lowest BCUT2D eigenvalue weighted by molar-refractivity contribution is 0.217. The van der Waals surface area contributed by atoms with Crippen molar-refractivity contribution in [1.82, 2.24) is 4.98 Å². The van der Waals surface area contributed by atoms with Gasteiger partial charge in [-0.2, -0.15) is 0 Å². The van der Waals surface area contributed by atoms with E-state index in [0.717, 1.165) is 22.1 Å². The molecule has 0 spiro atoms. The maximum atomic E-state index is 5.83. The van der Waals surface area contributed by atoms with Crippen LogP contribution in [0.15, 0.2) is 60.8 Å². The number of thiazole rings is 1.